The molecule has 144 valence electrons. The molecule has 0 bridgehead atoms. The zero-order valence-electron chi connectivity index (χ0n) is 15.1. The van der Waals surface area contributed by atoms with Crippen molar-refractivity contribution in [3.8, 4) is 0 Å². The van der Waals surface area contributed by atoms with E-state index in [0.717, 1.165) is 13.0 Å². The highest BCUT2D eigenvalue weighted by atomic mass is 19.2. The molecular weight excluding hydrogens is 359 g/mol. The molecule has 1 aromatic carbocycles. The Bertz CT molecular complexity index is 923. The van der Waals surface area contributed by atoms with E-state index in [2.05, 4.69) is 15.3 Å². The standard InChI is InChI=1S/C18H20F3N5O/c1-17(21)9-13(20)18(2,25-16(17)22)11-8-10(4-5-12(11)19)24-15(27)14-23-6-7-26(14)3/h4-8,13H,9H2,1-3H3,(H2,22,25)(H,24,27)/t13-,17+,18+/m0/s1. The third-order valence-electron chi connectivity index (χ3n) is 4.85. The van der Waals surface area contributed by atoms with Crippen molar-refractivity contribution in [1.82, 2.24) is 9.55 Å². The van der Waals surface area contributed by atoms with E-state index in [4.69, 9.17) is 5.73 Å². The minimum Gasteiger partial charge on any atom is -0.385 e. The van der Waals surface area contributed by atoms with Crippen LogP contribution in [0.2, 0.25) is 0 Å². The Morgan fingerprint density at radius 1 is 1.41 bits per heavy atom. The van der Waals surface area contributed by atoms with Gasteiger partial charge in [-0.1, -0.05) is 0 Å². The van der Waals surface area contributed by atoms with Gasteiger partial charge < -0.3 is 15.6 Å². The average molecular weight is 379 g/mol. The molecule has 1 aliphatic heterocycles. The Morgan fingerprint density at radius 3 is 2.74 bits per heavy atom. The minimum absolute atomic E-state index is 0.119. The number of hydrogen-bond acceptors (Lipinski definition) is 4. The SMILES string of the molecule is Cn1ccnc1C(=O)Nc1ccc(F)c([C@@]2(C)N=C(N)[C@](C)(F)C[C@@H]2F)c1. The summed E-state index contributed by atoms with van der Waals surface area (Å²) < 4.78 is 45.0. The number of nitrogens with one attached hydrogen (secondary N) is 1. The lowest BCUT2D eigenvalue weighted by Crippen LogP contribution is -2.51. The number of aromatic nitrogens is 2. The molecular formula is C18H20F3N5O. The smallest absolute Gasteiger partial charge is 0.291 e. The molecule has 0 radical (unpaired) electrons. The van der Waals surface area contributed by atoms with Crippen LogP contribution in [0, 0.1) is 5.82 Å². The molecule has 0 saturated carbocycles. The Hall–Kier alpha value is -2.84. The highest BCUT2D eigenvalue weighted by Crippen LogP contribution is 2.42. The number of amidine groups is 1. The van der Waals surface area contributed by atoms with Crippen LogP contribution in [-0.4, -0.2) is 33.1 Å². The first-order chi connectivity index (χ1) is 12.5. The lowest BCUT2D eigenvalue weighted by atomic mass is 9.79. The van der Waals surface area contributed by atoms with Crippen molar-refractivity contribution in [3.05, 3.63) is 47.8 Å². The summed E-state index contributed by atoms with van der Waals surface area (Å²) in [6.45, 7) is 2.49. The van der Waals surface area contributed by atoms with Gasteiger partial charge in [-0.2, -0.15) is 0 Å². The Balaban J connectivity index is 1.98. The molecule has 27 heavy (non-hydrogen) atoms. The topological polar surface area (TPSA) is 85.3 Å². The summed E-state index contributed by atoms with van der Waals surface area (Å²) >= 11 is 0. The number of halogens is 3. The Kier molecular flexibility index (Phi) is 4.49. The van der Waals surface area contributed by atoms with Crippen molar-refractivity contribution in [2.45, 2.75) is 37.6 Å². The van der Waals surface area contributed by atoms with Crippen LogP contribution in [0.3, 0.4) is 0 Å². The van der Waals surface area contributed by atoms with Gasteiger partial charge in [-0.15, -0.1) is 0 Å². The first-order valence-electron chi connectivity index (χ1n) is 8.32. The van der Waals surface area contributed by atoms with Crippen molar-refractivity contribution in [3.63, 3.8) is 0 Å². The fraction of sp³-hybridized carbons (Fsp3) is 0.389. The number of nitrogens with two attached hydrogens (primary N) is 1. The van der Waals surface area contributed by atoms with Gasteiger partial charge in [-0.25, -0.2) is 18.2 Å². The van der Waals surface area contributed by atoms with Crippen LogP contribution < -0.4 is 11.1 Å². The molecule has 9 heteroatoms. The van der Waals surface area contributed by atoms with E-state index >= 15 is 0 Å². The molecule has 0 aliphatic carbocycles. The molecule has 2 aromatic rings. The van der Waals surface area contributed by atoms with Gasteiger partial charge in [0.2, 0.25) is 0 Å². The number of hydrogen-bond donors (Lipinski definition) is 2. The predicted molar refractivity (Wildman–Crippen MR) is 95.6 cm³/mol. The summed E-state index contributed by atoms with van der Waals surface area (Å²) in [5.74, 6) is -1.47. The summed E-state index contributed by atoms with van der Waals surface area (Å²) in [5, 5.41) is 2.59. The highest BCUT2D eigenvalue weighted by molar-refractivity contribution is 6.01. The van der Waals surface area contributed by atoms with Gasteiger partial charge in [0.1, 0.15) is 23.4 Å². The monoisotopic (exact) mass is 379 g/mol. The van der Waals surface area contributed by atoms with Gasteiger partial charge in [-0.3, -0.25) is 9.79 Å². The number of imidazole rings is 1. The zero-order valence-corrected chi connectivity index (χ0v) is 15.1. The number of aliphatic imine (C=N–C) groups is 1. The molecule has 0 unspecified atom stereocenters. The van der Waals surface area contributed by atoms with E-state index in [1.165, 1.54) is 29.8 Å². The number of anilines is 1. The second-order valence-corrected chi connectivity index (χ2v) is 7.02. The first-order valence-corrected chi connectivity index (χ1v) is 8.32. The molecule has 1 aromatic heterocycles. The number of amides is 1. The fourth-order valence-electron chi connectivity index (χ4n) is 3.07. The van der Waals surface area contributed by atoms with Gasteiger partial charge in [0.15, 0.2) is 11.5 Å². The largest absolute Gasteiger partial charge is 0.385 e. The number of benzene rings is 1. The van der Waals surface area contributed by atoms with E-state index in [1.807, 2.05) is 0 Å². The van der Waals surface area contributed by atoms with Crippen molar-refractivity contribution in [2.75, 3.05) is 5.32 Å². The van der Waals surface area contributed by atoms with Crippen molar-refractivity contribution in [1.29, 1.82) is 0 Å². The molecule has 1 aliphatic rings. The number of carbonyl (C=O) groups is 1. The van der Waals surface area contributed by atoms with Crippen LogP contribution in [0.4, 0.5) is 18.9 Å². The molecule has 0 fully saturated rings. The minimum atomic E-state index is -2.10. The third kappa shape index (κ3) is 3.29. The van der Waals surface area contributed by atoms with Crippen molar-refractivity contribution >= 4 is 17.4 Å². The molecule has 0 saturated heterocycles. The fourth-order valence-corrected chi connectivity index (χ4v) is 3.07. The Morgan fingerprint density at radius 2 is 2.11 bits per heavy atom. The summed E-state index contributed by atoms with van der Waals surface area (Å²) in [5.41, 5.74) is 1.95. The van der Waals surface area contributed by atoms with Crippen molar-refractivity contribution in [2.24, 2.45) is 17.8 Å². The highest BCUT2D eigenvalue weighted by Gasteiger charge is 2.49. The summed E-state index contributed by atoms with van der Waals surface area (Å²) in [6, 6.07) is 3.71. The molecule has 2 heterocycles. The van der Waals surface area contributed by atoms with E-state index < -0.39 is 35.5 Å². The number of carbonyl (C=O) groups excluding carboxylic acids is 1. The second-order valence-electron chi connectivity index (χ2n) is 7.02. The normalized spacial score (nSPS) is 27.9. The third-order valence-corrected chi connectivity index (χ3v) is 4.85. The number of aryl methyl sites for hydroxylation is 1. The van der Waals surface area contributed by atoms with E-state index in [-0.39, 0.29) is 22.9 Å². The van der Waals surface area contributed by atoms with Gasteiger partial charge in [0, 0.05) is 37.1 Å². The average Bonchev–Trinajstić information content (AvgIpc) is 3.01. The van der Waals surface area contributed by atoms with Crippen molar-refractivity contribution < 1.29 is 18.0 Å². The first kappa shape index (κ1) is 18.9. The quantitative estimate of drug-likeness (QED) is 0.860. The van der Waals surface area contributed by atoms with Gasteiger partial charge in [0.25, 0.3) is 5.91 Å². The zero-order chi connectivity index (χ0) is 20.0. The van der Waals surface area contributed by atoms with E-state index in [0.29, 0.717) is 0 Å². The summed E-state index contributed by atoms with van der Waals surface area (Å²) in [6.07, 6.45) is 0.734. The van der Waals surface area contributed by atoms with Gasteiger partial charge in [0.05, 0.1) is 0 Å². The maximum atomic E-state index is 14.8. The van der Waals surface area contributed by atoms with Gasteiger partial charge >= 0.3 is 0 Å². The van der Waals surface area contributed by atoms with Crippen LogP contribution in [0.1, 0.15) is 36.5 Å². The lowest BCUT2D eigenvalue weighted by Gasteiger charge is -2.38. The van der Waals surface area contributed by atoms with E-state index in [9.17, 15) is 18.0 Å². The van der Waals surface area contributed by atoms with Gasteiger partial charge in [-0.05, 0) is 32.0 Å². The molecule has 3 rings (SSSR count). The Labute approximate surface area is 154 Å². The number of alkyl halides is 2. The molecule has 0 spiro atoms. The molecule has 6 nitrogen and oxygen atoms in total. The maximum Gasteiger partial charge on any atom is 0.291 e. The van der Waals surface area contributed by atoms with E-state index in [1.54, 1.807) is 13.2 Å². The second kappa shape index (κ2) is 6.40. The summed E-state index contributed by atoms with van der Waals surface area (Å²) in [7, 11) is 1.65. The molecule has 3 N–H and O–H groups in total. The molecule has 1 amide bonds. The summed E-state index contributed by atoms with van der Waals surface area (Å²) in [4.78, 5) is 20.2. The number of nitrogens with zero attached hydrogens (tertiary/aromatic N) is 3. The van der Waals surface area contributed by atoms with Crippen LogP contribution in [-0.2, 0) is 12.6 Å². The van der Waals surface area contributed by atoms with Crippen LogP contribution in [0.25, 0.3) is 0 Å². The molecule has 3 atom stereocenters. The van der Waals surface area contributed by atoms with Crippen LogP contribution >= 0.6 is 0 Å². The maximum absolute atomic E-state index is 14.8. The predicted octanol–water partition coefficient (Wildman–Crippen LogP) is 2.85. The van der Waals surface area contributed by atoms with Crippen LogP contribution in [0.15, 0.2) is 35.6 Å². The lowest BCUT2D eigenvalue weighted by molar-refractivity contribution is 0.101. The number of rotatable bonds is 3. The van der Waals surface area contributed by atoms with Crippen LogP contribution in [0.5, 0.6) is 0 Å².